The summed E-state index contributed by atoms with van der Waals surface area (Å²) < 4.78 is 0.859. The molecule has 0 aromatic heterocycles. The highest BCUT2D eigenvalue weighted by molar-refractivity contribution is 9.10. The second-order valence-corrected chi connectivity index (χ2v) is 10.3. The average molecular weight is 567 g/mol. The first-order valence-electron chi connectivity index (χ1n) is 10.9. The maximum Gasteiger partial charge on any atom is 0.264 e. The molecule has 1 N–H and O–H groups in total. The second-order valence-electron chi connectivity index (χ2n) is 7.84. The van der Waals surface area contributed by atoms with Gasteiger partial charge >= 0.3 is 0 Å². The van der Waals surface area contributed by atoms with Crippen LogP contribution in [0.2, 0.25) is 5.02 Å². The Morgan fingerprint density at radius 2 is 1.74 bits per heavy atom. The predicted octanol–water partition coefficient (Wildman–Crippen LogP) is 5.89. The molecule has 0 radical (unpaired) electrons. The number of thioether (sulfide) groups is 1. The lowest BCUT2D eigenvalue weighted by atomic mass is 10.1. The zero-order valence-electron chi connectivity index (χ0n) is 18.6. The molecule has 3 aromatic rings. The largest absolute Gasteiger partial charge is 0.351 e. The summed E-state index contributed by atoms with van der Waals surface area (Å²) in [5, 5.41) is 13.2. The van der Waals surface area contributed by atoms with Gasteiger partial charge in [-0.2, -0.15) is 5.26 Å². The molecule has 1 atom stereocenters. The van der Waals surface area contributed by atoms with Gasteiger partial charge in [-0.25, -0.2) is 0 Å². The Kier molecular flexibility index (Phi) is 8.29. The summed E-state index contributed by atoms with van der Waals surface area (Å²) >= 11 is 11.0. The number of anilines is 1. The van der Waals surface area contributed by atoms with Crippen LogP contribution in [0.1, 0.15) is 11.1 Å². The van der Waals surface area contributed by atoms with Gasteiger partial charge in [-0.3, -0.25) is 14.5 Å². The van der Waals surface area contributed by atoms with E-state index in [1.807, 2.05) is 66.7 Å². The Hall–Kier alpha value is -3.05. The first kappa shape index (κ1) is 25.1. The van der Waals surface area contributed by atoms with Crippen LogP contribution in [0.4, 0.5) is 5.69 Å². The molecule has 0 aliphatic carbocycles. The maximum absolute atomic E-state index is 13.5. The molecule has 1 fully saturated rings. The molecule has 0 spiro atoms. The lowest BCUT2D eigenvalue weighted by Gasteiger charge is -2.19. The maximum atomic E-state index is 13.5. The van der Waals surface area contributed by atoms with Gasteiger partial charge < -0.3 is 5.32 Å². The summed E-state index contributed by atoms with van der Waals surface area (Å²) in [5.41, 5.74) is 2.43. The molecule has 1 unspecified atom stereocenters. The van der Waals surface area contributed by atoms with E-state index in [0.29, 0.717) is 35.1 Å². The highest BCUT2D eigenvalue weighted by atomic mass is 79.9. The van der Waals surface area contributed by atoms with Gasteiger partial charge in [0, 0.05) is 21.7 Å². The Balaban J connectivity index is 1.62. The van der Waals surface area contributed by atoms with Crippen molar-refractivity contribution >= 4 is 56.8 Å². The average Bonchev–Trinajstić information content (AvgIpc) is 3.17. The SMILES string of the molecule is N#CC(C(=O)NCCc1ccccc1)=C1SC(Cc2ccccc2Cl)C(=O)N1c1ccc(Br)cc1. The number of hydrogen-bond donors (Lipinski definition) is 1. The number of benzene rings is 3. The summed E-state index contributed by atoms with van der Waals surface area (Å²) in [6.07, 6.45) is 1.02. The number of halogens is 2. The van der Waals surface area contributed by atoms with Gasteiger partial charge in [0.1, 0.15) is 16.7 Å². The van der Waals surface area contributed by atoms with Gasteiger partial charge in [-0.15, -0.1) is 0 Å². The first-order chi connectivity index (χ1) is 17.0. The standard InChI is InChI=1S/C27H21BrClN3O2S/c28-20-10-12-21(13-11-20)32-26(34)24(16-19-8-4-5-9-23(19)29)35-27(32)22(17-30)25(33)31-15-14-18-6-2-1-3-7-18/h1-13,24H,14-16H2,(H,31,33). The number of carbonyl (C=O) groups excluding carboxylic acids is 2. The summed E-state index contributed by atoms with van der Waals surface area (Å²) in [6.45, 7) is 0.376. The quantitative estimate of drug-likeness (QED) is 0.286. The van der Waals surface area contributed by atoms with Crippen molar-refractivity contribution < 1.29 is 9.59 Å². The van der Waals surface area contributed by atoms with E-state index in [1.54, 1.807) is 18.2 Å². The van der Waals surface area contributed by atoms with Crippen molar-refractivity contribution in [2.75, 3.05) is 11.4 Å². The molecular weight excluding hydrogens is 546 g/mol. The Labute approximate surface area is 221 Å². The van der Waals surface area contributed by atoms with Crippen LogP contribution in [-0.4, -0.2) is 23.6 Å². The zero-order valence-corrected chi connectivity index (χ0v) is 21.7. The van der Waals surface area contributed by atoms with E-state index < -0.39 is 11.2 Å². The zero-order chi connectivity index (χ0) is 24.8. The van der Waals surface area contributed by atoms with E-state index in [1.165, 1.54) is 16.7 Å². The number of rotatable bonds is 7. The van der Waals surface area contributed by atoms with E-state index in [-0.39, 0.29) is 11.5 Å². The summed E-state index contributed by atoms with van der Waals surface area (Å²) in [4.78, 5) is 28.0. The van der Waals surface area contributed by atoms with Crippen LogP contribution >= 0.6 is 39.3 Å². The van der Waals surface area contributed by atoms with Crippen LogP contribution in [0, 0.1) is 11.3 Å². The molecule has 0 bridgehead atoms. The number of hydrogen-bond acceptors (Lipinski definition) is 4. The van der Waals surface area contributed by atoms with Crippen LogP contribution < -0.4 is 10.2 Å². The number of carbonyl (C=O) groups is 2. The van der Waals surface area contributed by atoms with Gasteiger partial charge in [-0.1, -0.05) is 87.8 Å². The van der Waals surface area contributed by atoms with Crippen molar-refractivity contribution in [3.8, 4) is 6.07 Å². The van der Waals surface area contributed by atoms with Crippen LogP contribution in [-0.2, 0) is 22.4 Å². The molecule has 1 aliphatic rings. The summed E-state index contributed by atoms with van der Waals surface area (Å²) in [7, 11) is 0. The molecule has 1 aliphatic heterocycles. The molecule has 8 heteroatoms. The number of nitrogens with zero attached hydrogens (tertiary/aromatic N) is 2. The van der Waals surface area contributed by atoms with Crippen molar-refractivity contribution in [3.05, 3.63) is 110 Å². The van der Waals surface area contributed by atoms with E-state index in [0.717, 1.165) is 15.6 Å². The third-order valence-electron chi connectivity index (χ3n) is 5.50. The molecule has 35 heavy (non-hydrogen) atoms. The van der Waals surface area contributed by atoms with E-state index in [4.69, 9.17) is 11.6 Å². The van der Waals surface area contributed by atoms with Gasteiger partial charge in [0.05, 0.1) is 5.25 Å². The van der Waals surface area contributed by atoms with Crippen molar-refractivity contribution in [2.45, 2.75) is 18.1 Å². The van der Waals surface area contributed by atoms with Gasteiger partial charge in [0.25, 0.3) is 5.91 Å². The van der Waals surface area contributed by atoms with E-state index in [2.05, 4.69) is 21.2 Å². The minimum absolute atomic E-state index is 0.0824. The van der Waals surface area contributed by atoms with Crippen LogP contribution in [0.25, 0.3) is 0 Å². The molecule has 2 amide bonds. The minimum Gasteiger partial charge on any atom is -0.351 e. The molecule has 5 nitrogen and oxygen atoms in total. The smallest absolute Gasteiger partial charge is 0.264 e. The fourth-order valence-electron chi connectivity index (χ4n) is 3.73. The van der Waals surface area contributed by atoms with Crippen molar-refractivity contribution in [1.29, 1.82) is 5.26 Å². The minimum atomic E-state index is -0.519. The Morgan fingerprint density at radius 1 is 1.06 bits per heavy atom. The number of nitriles is 1. The molecule has 176 valence electrons. The van der Waals surface area contributed by atoms with Gasteiger partial charge in [0.15, 0.2) is 0 Å². The Bertz CT molecular complexity index is 1310. The molecule has 1 saturated heterocycles. The molecule has 4 rings (SSSR count). The molecule has 1 heterocycles. The molecule has 3 aromatic carbocycles. The lowest BCUT2D eigenvalue weighted by Crippen LogP contribution is -2.32. The number of nitrogens with one attached hydrogen (secondary N) is 1. The van der Waals surface area contributed by atoms with Crippen molar-refractivity contribution in [3.63, 3.8) is 0 Å². The highest BCUT2D eigenvalue weighted by Crippen LogP contribution is 2.42. The summed E-state index contributed by atoms with van der Waals surface area (Å²) in [5.74, 6) is -0.698. The van der Waals surface area contributed by atoms with Gasteiger partial charge in [0.2, 0.25) is 5.91 Å². The monoisotopic (exact) mass is 565 g/mol. The van der Waals surface area contributed by atoms with Crippen LogP contribution in [0.15, 0.2) is 93.9 Å². The second kappa shape index (κ2) is 11.6. The van der Waals surface area contributed by atoms with Crippen molar-refractivity contribution in [2.24, 2.45) is 0 Å². The van der Waals surface area contributed by atoms with E-state index >= 15 is 0 Å². The first-order valence-corrected chi connectivity index (χ1v) is 13.0. The fourth-order valence-corrected chi connectivity index (χ4v) is 5.50. The lowest BCUT2D eigenvalue weighted by molar-refractivity contribution is -0.117. The predicted molar refractivity (Wildman–Crippen MR) is 144 cm³/mol. The number of amides is 2. The third kappa shape index (κ3) is 5.96. The van der Waals surface area contributed by atoms with Crippen LogP contribution in [0.3, 0.4) is 0 Å². The highest BCUT2D eigenvalue weighted by Gasteiger charge is 2.41. The Morgan fingerprint density at radius 3 is 2.43 bits per heavy atom. The summed E-state index contributed by atoms with van der Waals surface area (Å²) in [6, 6.07) is 26.4. The topological polar surface area (TPSA) is 73.2 Å². The normalized spacial score (nSPS) is 16.7. The fraction of sp³-hybridized carbons (Fsp3) is 0.148. The van der Waals surface area contributed by atoms with Gasteiger partial charge in [-0.05, 0) is 54.3 Å². The van der Waals surface area contributed by atoms with E-state index in [9.17, 15) is 14.9 Å². The third-order valence-corrected chi connectivity index (χ3v) is 7.66. The molecule has 0 saturated carbocycles. The van der Waals surface area contributed by atoms with Crippen molar-refractivity contribution in [1.82, 2.24) is 5.32 Å². The molecular formula is C27H21BrClN3O2S. The van der Waals surface area contributed by atoms with Crippen LogP contribution in [0.5, 0.6) is 0 Å².